The summed E-state index contributed by atoms with van der Waals surface area (Å²) in [6, 6.07) is 21.7. The summed E-state index contributed by atoms with van der Waals surface area (Å²) < 4.78 is 0. The second kappa shape index (κ2) is 10.6. The van der Waals surface area contributed by atoms with Crippen LogP contribution in [0.2, 0.25) is 0 Å². The van der Waals surface area contributed by atoms with E-state index in [9.17, 15) is 4.79 Å². The van der Waals surface area contributed by atoms with Gasteiger partial charge in [0, 0.05) is 58.4 Å². The predicted octanol–water partition coefficient (Wildman–Crippen LogP) is 3.22. The summed E-state index contributed by atoms with van der Waals surface area (Å²) in [5, 5.41) is 3.29. The molecule has 0 radical (unpaired) electrons. The molecule has 4 rings (SSSR count). The maximum Gasteiger partial charge on any atom is 0.317 e. The predicted molar refractivity (Wildman–Crippen MR) is 121 cm³/mol. The van der Waals surface area contributed by atoms with Gasteiger partial charge in [0.1, 0.15) is 0 Å². The van der Waals surface area contributed by atoms with Crippen LogP contribution in [0.3, 0.4) is 0 Å². The highest BCUT2D eigenvalue weighted by molar-refractivity contribution is 5.74. The van der Waals surface area contributed by atoms with Gasteiger partial charge in [-0.25, -0.2) is 4.79 Å². The number of piperidine rings is 1. The topological polar surface area (TPSA) is 38.8 Å². The number of nitrogens with zero attached hydrogens (tertiary/aromatic N) is 3. The second-order valence-electron chi connectivity index (χ2n) is 8.55. The van der Waals surface area contributed by atoms with Crippen LogP contribution in [-0.2, 0) is 13.0 Å². The first-order valence-corrected chi connectivity index (χ1v) is 11.3. The Hall–Kier alpha value is -2.37. The van der Waals surface area contributed by atoms with Crippen molar-refractivity contribution in [2.45, 2.75) is 31.8 Å². The van der Waals surface area contributed by atoms with Crippen molar-refractivity contribution >= 4 is 6.03 Å². The fraction of sp³-hybridized carbons (Fsp3) is 0.480. The van der Waals surface area contributed by atoms with E-state index in [4.69, 9.17) is 0 Å². The molecule has 0 unspecified atom stereocenters. The van der Waals surface area contributed by atoms with Crippen LogP contribution in [0.15, 0.2) is 60.7 Å². The molecule has 0 aromatic heterocycles. The largest absolute Gasteiger partial charge is 0.335 e. The highest BCUT2D eigenvalue weighted by atomic mass is 16.2. The molecular weight excluding hydrogens is 372 g/mol. The van der Waals surface area contributed by atoms with Crippen molar-refractivity contribution in [3.8, 4) is 0 Å². The summed E-state index contributed by atoms with van der Waals surface area (Å²) in [6.45, 7) is 7.76. The summed E-state index contributed by atoms with van der Waals surface area (Å²) in [7, 11) is 0. The second-order valence-corrected chi connectivity index (χ2v) is 8.55. The minimum atomic E-state index is 0.124. The summed E-state index contributed by atoms with van der Waals surface area (Å²) in [5.41, 5.74) is 2.75. The number of carbonyl (C=O) groups is 1. The van der Waals surface area contributed by atoms with Gasteiger partial charge in [-0.3, -0.25) is 9.80 Å². The molecule has 30 heavy (non-hydrogen) atoms. The number of amides is 2. The van der Waals surface area contributed by atoms with Gasteiger partial charge in [-0.2, -0.15) is 0 Å². The molecule has 2 aromatic carbocycles. The standard InChI is InChI=1S/C25H34N4O/c30-25(26-24-12-15-28(16-13-24)21-23-9-5-2-6-10-23)29-19-17-27(18-20-29)14-11-22-7-3-1-4-8-22/h1-10,24H,11-21H2,(H,26,30). The first-order chi connectivity index (χ1) is 14.8. The van der Waals surface area contributed by atoms with Crippen LogP contribution in [0.1, 0.15) is 24.0 Å². The molecule has 0 saturated carbocycles. The van der Waals surface area contributed by atoms with Gasteiger partial charge in [-0.05, 0) is 30.4 Å². The Bertz CT molecular complexity index is 766. The van der Waals surface area contributed by atoms with Crippen molar-refractivity contribution in [3.63, 3.8) is 0 Å². The molecule has 2 amide bonds. The quantitative estimate of drug-likeness (QED) is 0.801. The fourth-order valence-electron chi connectivity index (χ4n) is 4.45. The number of piperazine rings is 1. The molecule has 2 aliphatic rings. The average molecular weight is 407 g/mol. The molecule has 0 atom stereocenters. The molecular formula is C25H34N4O. The molecule has 2 aliphatic heterocycles. The van der Waals surface area contributed by atoms with Gasteiger partial charge < -0.3 is 10.2 Å². The van der Waals surface area contributed by atoms with E-state index in [-0.39, 0.29) is 6.03 Å². The van der Waals surface area contributed by atoms with Crippen LogP contribution < -0.4 is 5.32 Å². The molecule has 1 N–H and O–H groups in total. The number of nitrogens with one attached hydrogen (secondary N) is 1. The third-order valence-electron chi connectivity index (χ3n) is 6.38. The lowest BCUT2D eigenvalue weighted by atomic mass is 10.0. The van der Waals surface area contributed by atoms with Gasteiger partial charge in [-0.1, -0.05) is 60.7 Å². The van der Waals surface area contributed by atoms with Crippen LogP contribution in [0.4, 0.5) is 4.79 Å². The first kappa shape index (κ1) is 20.9. The minimum Gasteiger partial charge on any atom is -0.335 e. The SMILES string of the molecule is O=C(NC1CCN(Cc2ccccc2)CC1)N1CCN(CCc2ccccc2)CC1. The van der Waals surface area contributed by atoms with E-state index in [2.05, 4.69) is 75.8 Å². The molecule has 2 saturated heterocycles. The van der Waals surface area contributed by atoms with Crippen LogP contribution in [0.25, 0.3) is 0 Å². The molecule has 5 nitrogen and oxygen atoms in total. The maximum absolute atomic E-state index is 12.7. The fourth-order valence-corrected chi connectivity index (χ4v) is 4.45. The summed E-state index contributed by atoms with van der Waals surface area (Å²) >= 11 is 0. The Kier molecular flexibility index (Phi) is 7.38. The molecule has 2 fully saturated rings. The normalized spacial score (nSPS) is 19.0. The van der Waals surface area contributed by atoms with Crippen molar-refractivity contribution in [1.29, 1.82) is 0 Å². The maximum atomic E-state index is 12.7. The number of likely N-dealkylation sites (tertiary alicyclic amines) is 1. The smallest absolute Gasteiger partial charge is 0.317 e. The van der Waals surface area contributed by atoms with Gasteiger partial charge in [0.15, 0.2) is 0 Å². The van der Waals surface area contributed by atoms with E-state index in [1.807, 2.05) is 4.90 Å². The lowest BCUT2D eigenvalue weighted by Gasteiger charge is -2.37. The van der Waals surface area contributed by atoms with Crippen molar-refractivity contribution in [3.05, 3.63) is 71.8 Å². The Morgan fingerprint density at radius 1 is 0.767 bits per heavy atom. The molecule has 160 valence electrons. The zero-order valence-electron chi connectivity index (χ0n) is 17.9. The Morgan fingerprint density at radius 2 is 1.37 bits per heavy atom. The summed E-state index contributed by atoms with van der Waals surface area (Å²) in [4.78, 5) is 19.7. The number of urea groups is 1. The zero-order valence-corrected chi connectivity index (χ0v) is 17.9. The molecule has 0 spiro atoms. The number of hydrogen-bond acceptors (Lipinski definition) is 3. The molecule has 5 heteroatoms. The third-order valence-corrected chi connectivity index (χ3v) is 6.38. The summed E-state index contributed by atoms with van der Waals surface area (Å²) in [6.07, 6.45) is 3.15. The van der Waals surface area contributed by atoms with Crippen molar-refractivity contribution in [1.82, 2.24) is 20.0 Å². The van der Waals surface area contributed by atoms with Gasteiger partial charge in [0.05, 0.1) is 0 Å². The first-order valence-electron chi connectivity index (χ1n) is 11.3. The lowest BCUT2D eigenvalue weighted by Crippen LogP contribution is -2.54. The Labute approximate surface area is 180 Å². The monoisotopic (exact) mass is 406 g/mol. The highest BCUT2D eigenvalue weighted by Crippen LogP contribution is 2.14. The van der Waals surface area contributed by atoms with Crippen LogP contribution in [-0.4, -0.2) is 72.6 Å². The molecule has 0 aliphatic carbocycles. The highest BCUT2D eigenvalue weighted by Gasteiger charge is 2.25. The number of hydrogen-bond donors (Lipinski definition) is 1. The van der Waals surface area contributed by atoms with Crippen molar-refractivity contribution in [2.75, 3.05) is 45.8 Å². The van der Waals surface area contributed by atoms with Gasteiger partial charge in [-0.15, -0.1) is 0 Å². The van der Waals surface area contributed by atoms with Crippen molar-refractivity contribution in [2.24, 2.45) is 0 Å². The van der Waals surface area contributed by atoms with E-state index in [0.29, 0.717) is 6.04 Å². The molecule has 0 bridgehead atoms. The molecule has 2 aromatic rings. The van der Waals surface area contributed by atoms with E-state index in [0.717, 1.165) is 71.6 Å². The van der Waals surface area contributed by atoms with E-state index in [1.165, 1.54) is 11.1 Å². The Morgan fingerprint density at radius 3 is 2.00 bits per heavy atom. The van der Waals surface area contributed by atoms with E-state index >= 15 is 0 Å². The van der Waals surface area contributed by atoms with E-state index in [1.54, 1.807) is 0 Å². The minimum absolute atomic E-state index is 0.124. The average Bonchev–Trinajstić information content (AvgIpc) is 2.81. The lowest BCUT2D eigenvalue weighted by molar-refractivity contribution is 0.131. The van der Waals surface area contributed by atoms with Gasteiger partial charge in [0.2, 0.25) is 0 Å². The number of carbonyl (C=O) groups excluding carboxylic acids is 1. The summed E-state index contributed by atoms with van der Waals surface area (Å²) in [5.74, 6) is 0. The van der Waals surface area contributed by atoms with E-state index < -0.39 is 0 Å². The van der Waals surface area contributed by atoms with Gasteiger partial charge in [0.25, 0.3) is 0 Å². The van der Waals surface area contributed by atoms with Crippen LogP contribution >= 0.6 is 0 Å². The van der Waals surface area contributed by atoms with Crippen LogP contribution in [0.5, 0.6) is 0 Å². The van der Waals surface area contributed by atoms with Crippen molar-refractivity contribution < 1.29 is 4.79 Å². The number of rotatable bonds is 6. The molecule has 2 heterocycles. The number of benzene rings is 2. The van der Waals surface area contributed by atoms with Crippen LogP contribution in [0, 0.1) is 0 Å². The third kappa shape index (κ3) is 6.07. The van der Waals surface area contributed by atoms with Gasteiger partial charge >= 0.3 is 6.03 Å². The zero-order chi connectivity index (χ0) is 20.6. The Balaban J connectivity index is 1.13.